The molecule has 0 radical (unpaired) electrons. The molecule has 0 aliphatic carbocycles. The van der Waals surface area contributed by atoms with Crippen LogP contribution in [0.5, 0.6) is 0 Å². The van der Waals surface area contributed by atoms with E-state index < -0.39 is 0 Å². The first-order chi connectivity index (χ1) is 4.41. The zero-order valence-electron chi connectivity index (χ0n) is 4.47. The molecule has 0 fully saturated rings. The molecule has 5 nitrogen and oxygen atoms in total. The Morgan fingerprint density at radius 3 is 1.89 bits per heavy atom. The van der Waals surface area contributed by atoms with Crippen LogP contribution in [-0.4, -0.2) is 20.5 Å². The minimum atomic E-state index is 0.750. The Labute approximate surface area is 51.6 Å². The molecule has 0 saturated heterocycles. The third-order valence-corrected chi connectivity index (χ3v) is 0.409. The molecule has 9 heavy (non-hydrogen) atoms. The summed E-state index contributed by atoms with van der Waals surface area (Å²) < 4.78 is 0. The van der Waals surface area contributed by atoms with Crippen molar-refractivity contribution in [1.29, 1.82) is 5.26 Å². The van der Waals surface area contributed by atoms with Crippen LogP contribution in [-0.2, 0) is 0 Å². The predicted octanol–water partition coefficient (Wildman–Crippen LogP) is -0.288. The molecule has 5 heteroatoms. The van der Waals surface area contributed by atoms with Crippen LogP contribution in [0.25, 0.3) is 0 Å². The predicted molar refractivity (Wildman–Crippen MR) is 27.4 cm³/mol. The lowest BCUT2D eigenvalue weighted by molar-refractivity contribution is 0.503. The van der Waals surface area contributed by atoms with E-state index in [0.29, 0.717) is 0 Å². The molecule has 0 aliphatic heterocycles. The summed E-state index contributed by atoms with van der Waals surface area (Å²) in [4.78, 5) is 0. The van der Waals surface area contributed by atoms with Gasteiger partial charge >= 0.3 is 0 Å². The lowest BCUT2D eigenvalue weighted by Crippen LogP contribution is -1.78. The highest BCUT2D eigenvalue weighted by Crippen LogP contribution is 1.61. The van der Waals surface area contributed by atoms with Gasteiger partial charge in [0.15, 0.2) is 0 Å². The molecule has 0 saturated carbocycles. The second-order valence-electron chi connectivity index (χ2n) is 0.911. The van der Waals surface area contributed by atoms with Crippen molar-refractivity contribution >= 4 is 0 Å². The fourth-order valence-electron chi connectivity index (χ4n) is 0.205. The smallest absolute Gasteiger partial charge is 0.283 e. The standard InChI is InChI=1S/C3H3N3.CHNO/c1-2-4-6-5-3-1;2-1-3/h1-3H;3H. The number of nitriles is 1. The van der Waals surface area contributed by atoms with Gasteiger partial charge in [0.1, 0.15) is 0 Å². The molecule has 1 aromatic rings. The number of aliphatic hydroxyl groups excluding tert-OH is 1. The second-order valence-corrected chi connectivity index (χ2v) is 0.911. The van der Waals surface area contributed by atoms with Crippen molar-refractivity contribution in [2.24, 2.45) is 0 Å². The summed E-state index contributed by atoms with van der Waals surface area (Å²) >= 11 is 0. The van der Waals surface area contributed by atoms with Crippen molar-refractivity contribution in [3.8, 4) is 6.26 Å². The van der Waals surface area contributed by atoms with E-state index in [-0.39, 0.29) is 0 Å². The minimum absolute atomic E-state index is 0.750. The van der Waals surface area contributed by atoms with Gasteiger partial charge in [-0.3, -0.25) is 0 Å². The zero-order valence-corrected chi connectivity index (χ0v) is 4.47. The van der Waals surface area contributed by atoms with Gasteiger partial charge in [0.05, 0.1) is 12.4 Å². The number of nitrogens with zero attached hydrogens (tertiary/aromatic N) is 4. The maximum absolute atomic E-state index is 6.88. The molecule has 0 aromatic carbocycles. The van der Waals surface area contributed by atoms with E-state index in [4.69, 9.17) is 10.4 Å². The molecule has 1 N–H and O–H groups in total. The van der Waals surface area contributed by atoms with Crippen molar-refractivity contribution in [2.75, 3.05) is 0 Å². The highest BCUT2D eigenvalue weighted by Gasteiger charge is 1.60. The summed E-state index contributed by atoms with van der Waals surface area (Å²) in [6.07, 6.45) is 3.90. The summed E-state index contributed by atoms with van der Waals surface area (Å²) in [6, 6.07) is 1.72. The fraction of sp³-hybridized carbons (Fsp3) is 0. The van der Waals surface area contributed by atoms with Crippen LogP contribution in [0.4, 0.5) is 0 Å². The maximum atomic E-state index is 6.88. The van der Waals surface area contributed by atoms with E-state index in [9.17, 15) is 0 Å². The highest BCUT2D eigenvalue weighted by atomic mass is 16.2. The van der Waals surface area contributed by atoms with Crippen LogP contribution in [0, 0.1) is 11.5 Å². The first-order valence-electron chi connectivity index (χ1n) is 2.03. The molecule has 0 aliphatic rings. The quantitative estimate of drug-likeness (QED) is 0.480. The lowest BCUT2D eigenvalue weighted by Gasteiger charge is -1.68. The summed E-state index contributed by atoms with van der Waals surface area (Å²) in [5.41, 5.74) is 0. The van der Waals surface area contributed by atoms with Gasteiger partial charge in [-0.1, -0.05) is 0 Å². The van der Waals surface area contributed by atoms with E-state index >= 15 is 0 Å². The summed E-state index contributed by atoms with van der Waals surface area (Å²) in [6.45, 7) is 0. The van der Waals surface area contributed by atoms with Gasteiger partial charge in [0.2, 0.25) is 0 Å². The van der Waals surface area contributed by atoms with Crippen LogP contribution in [0.15, 0.2) is 18.5 Å². The van der Waals surface area contributed by atoms with Crippen molar-refractivity contribution in [2.45, 2.75) is 0 Å². The van der Waals surface area contributed by atoms with Gasteiger partial charge in [-0.05, 0) is 11.3 Å². The van der Waals surface area contributed by atoms with Crippen molar-refractivity contribution in [3.63, 3.8) is 0 Å². The van der Waals surface area contributed by atoms with Crippen LogP contribution in [0.3, 0.4) is 0 Å². The molecule has 1 heterocycles. The monoisotopic (exact) mass is 124 g/mol. The van der Waals surface area contributed by atoms with Crippen LogP contribution in [0.1, 0.15) is 0 Å². The SMILES string of the molecule is N#CO.c1cnnnc1. The zero-order chi connectivity index (χ0) is 6.95. The molecule has 0 bridgehead atoms. The normalized spacial score (nSPS) is 6.11. The van der Waals surface area contributed by atoms with Gasteiger partial charge in [0.25, 0.3) is 6.26 Å². The molecular weight excluding hydrogens is 120 g/mol. The van der Waals surface area contributed by atoms with Crippen molar-refractivity contribution in [1.82, 2.24) is 15.4 Å². The second kappa shape index (κ2) is 6.30. The molecule has 46 valence electrons. The first-order valence-corrected chi connectivity index (χ1v) is 2.03. The molecule has 0 unspecified atom stereocenters. The fourth-order valence-corrected chi connectivity index (χ4v) is 0.205. The number of rotatable bonds is 0. The molecule has 1 aromatic heterocycles. The van der Waals surface area contributed by atoms with E-state index in [1.54, 1.807) is 18.5 Å². The number of hydrogen-bond acceptors (Lipinski definition) is 5. The van der Waals surface area contributed by atoms with Crippen molar-refractivity contribution < 1.29 is 5.11 Å². The number of aromatic nitrogens is 3. The molecule has 1 rings (SSSR count). The summed E-state index contributed by atoms with van der Waals surface area (Å²) in [7, 11) is 0. The highest BCUT2D eigenvalue weighted by molar-refractivity contribution is 4.69. The Bertz CT molecular complexity index is 143. The van der Waals surface area contributed by atoms with E-state index in [1.807, 2.05) is 0 Å². The third kappa shape index (κ3) is 6.30. The molecule has 0 amide bonds. The Balaban J connectivity index is 0.000000187. The van der Waals surface area contributed by atoms with E-state index in [2.05, 4.69) is 15.4 Å². The Kier molecular flexibility index (Phi) is 5.11. The topological polar surface area (TPSA) is 82.7 Å². The maximum Gasteiger partial charge on any atom is 0.283 e. The Hall–Kier alpha value is -1.70. The van der Waals surface area contributed by atoms with Gasteiger partial charge < -0.3 is 5.11 Å². The molecular formula is C4H4N4O. The average molecular weight is 124 g/mol. The number of hydrogen-bond donors (Lipinski definition) is 1. The van der Waals surface area contributed by atoms with Crippen LogP contribution in [0.2, 0.25) is 0 Å². The van der Waals surface area contributed by atoms with Crippen LogP contribution < -0.4 is 0 Å². The molecule has 0 spiro atoms. The Morgan fingerprint density at radius 1 is 1.33 bits per heavy atom. The Morgan fingerprint density at radius 2 is 1.78 bits per heavy atom. The largest absolute Gasteiger partial charge is 0.443 e. The minimum Gasteiger partial charge on any atom is -0.443 e. The van der Waals surface area contributed by atoms with Gasteiger partial charge in [-0.15, -0.1) is 10.2 Å². The molecule has 0 atom stereocenters. The van der Waals surface area contributed by atoms with Gasteiger partial charge in [-0.25, -0.2) is 0 Å². The summed E-state index contributed by atoms with van der Waals surface area (Å²) in [5, 5.41) is 23.9. The van der Waals surface area contributed by atoms with E-state index in [0.717, 1.165) is 6.26 Å². The van der Waals surface area contributed by atoms with Crippen molar-refractivity contribution in [3.05, 3.63) is 18.5 Å². The summed E-state index contributed by atoms with van der Waals surface area (Å²) in [5.74, 6) is 0. The third-order valence-electron chi connectivity index (χ3n) is 0.409. The van der Waals surface area contributed by atoms with E-state index in [1.165, 1.54) is 0 Å². The van der Waals surface area contributed by atoms with Gasteiger partial charge in [-0.2, -0.15) is 5.26 Å². The van der Waals surface area contributed by atoms with Crippen LogP contribution >= 0.6 is 0 Å². The average Bonchev–Trinajstić information content (AvgIpc) is 1.93. The first kappa shape index (κ1) is 7.30. The number of aliphatic hydroxyl groups is 1. The lowest BCUT2D eigenvalue weighted by atomic mass is 10.7. The van der Waals surface area contributed by atoms with Gasteiger partial charge in [0, 0.05) is 0 Å².